The van der Waals surface area contributed by atoms with Crippen molar-refractivity contribution in [2.24, 2.45) is 5.92 Å². The average molecular weight is 212 g/mol. The van der Waals surface area contributed by atoms with Crippen molar-refractivity contribution in [3.8, 4) is 0 Å². The Bertz CT molecular complexity index is 272. The number of rotatable bonds is 1. The van der Waals surface area contributed by atoms with E-state index in [0.717, 1.165) is 25.9 Å². The molecule has 0 radical (unpaired) electrons. The predicted octanol–water partition coefficient (Wildman–Crippen LogP) is 1.26. The fourth-order valence-electron chi connectivity index (χ4n) is 2.26. The number of alkyl carbamates (subject to hydrolysis) is 1. The van der Waals surface area contributed by atoms with Gasteiger partial charge in [-0.25, -0.2) is 4.79 Å². The number of ether oxygens (including phenoxy) is 1. The molecule has 2 atom stereocenters. The highest BCUT2D eigenvalue weighted by Crippen LogP contribution is 2.47. The van der Waals surface area contributed by atoms with Gasteiger partial charge in [-0.05, 0) is 46.1 Å². The summed E-state index contributed by atoms with van der Waals surface area (Å²) < 4.78 is 5.26. The zero-order chi connectivity index (χ0) is 11.1. The fraction of sp³-hybridized carbons (Fsp3) is 0.909. The van der Waals surface area contributed by atoms with Gasteiger partial charge in [0.1, 0.15) is 5.60 Å². The van der Waals surface area contributed by atoms with Gasteiger partial charge in [0, 0.05) is 12.1 Å². The number of amides is 1. The fourth-order valence-corrected chi connectivity index (χ4v) is 2.26. The van der Waals surface area contributed by atoms with Crippen LogP contribution < -0.4 is 10.6 Å². The SMILES string of the molecule is CC(C)(C)OC(=O)N[C@]12CCNC[C@H]1C2. The maximum absolute atomic E-state index is 11.6. The molecule has 4 nitrogen and oxygen atoms in total. The van der Waals surface area contributed by atoms with Crippen LogP contribution in [0.25, 0.3) is 0 Å². The molecule has 1 saturated carbocycles. The minimum Gasteiger partial charge on any atom is -0.444 e. The molecule has 0 aromatic carbocycles. The lowest BCUT2D eigenvalue weighted by atomic mass is 10.1. The normalized spacial score (nSPS) is 34.2. The Balaban J connectivity index is 1.85. The number of hydrogen-bond acceptors (Lipinski definition) is 3. The molecule has 1 aliphatic carbocycles. The van der Waals surface area contributed by atoms with E-state index in [4.69, 9.17) is 4.74 Å². The first-order chi connectivity index (χ1) is 6.91. The van der Waals surface area contributed by atoms with Gasteiger partial charge < -0.3 is 15.4 Å². The van der Waals surface area contributed by atoms with E-state index in [0.29, 0.717) is 5.92 Å². The van der Waals surface area contributed by atoms with E-state index in [1.54, 1.807) is 0 Å². The van der Waals surface area contributed by atoms with Gasteiger partial charge in [-0.2, -0.15) is 0 Å². The summed E-state index contributed by atoms with van der Waals surface area (Å²) in [5, 5.41) is 6.36. The lowest BCUT2D eigenvalue weighted by molar-refractivity contribution is 0.0484. The summed E-state index contributed by atoms with van der Waals surface area (Å²) in [4.78, 5) is 11.6. The van der Waals surface area contributed by atoms with Crippen LogP contribution in [0.3, 0.4) is 0 Å². The summed E-state index contributed by atoms with van der Waals surface area (Å²) >= 11 is 0. The number of nitrogens with one attached hydrogen (secondary N) is 2. The third-order valence-electron chi connectivity index (χ3n) is 3.12. The first-order valence-corrected chi connectivity index (χ1v) is 5.63. The van der Waals surface area contributed by atoms with Gasteiger partial charge in [-0.3, -0.25) is 0 Å². The van der Waals surface area contributed by atoms with Gasteiger partial charge in [-0.15, -0.1) is 0 Å². The number of carbonyl (C=O) groups is 1. The van der Waals surface area contributed by atoms with Gasteiger partial charge in [0.2, 0.25) is 0 Å². The summed E-state index contributed by atoms with van der Waals surface area (Å²) in [5.41, 5.74) is -0.356. The van der Waals surface area contributed by atoms with Gasteiger partial charge in [-0.1, -0.05) is 0 Å². The molecule has 0 spiro atoms. The van der Waals surface area contributed by atoms with Crippen LogP contribution >= 0.6 is 0 Å². The molecule has 1 heterocycles. The first kappa shape index (κ1) is 10.7. The van der Waals surface area contributed by atoms with E-state index < -0.39 is 5.60 Å². The molecular formula is C11H20N2O2. The summed E-state index contributed by atoms with van der Waals surface area (Å²) in [7, 11) is 0. The minimum absolute atomic E-state index is 0.0492. The molecule has 1 amide bonds. The van der Waals surface area contributed by atoms with E-state index in [9.17, 15) is 4.79 Å². The lowest BCUT2D eigenvalue weighted by Gasteiger charge is -2.26. The Morgan fingerprint density at radius 3 is 2.87 bits per heavy atom. The van der Waals surface area contributed by atoms with Crippen molar-refractivity contribution < 1.29 is 9.53 Å². The number of fused-ring (bicyclic) bond motifs is 1. The molecule has 0 unspecified atom stereocenters. The third-order valence-corrected chi connectivity index (χ3v) is 3.12. The maximum atomic E-state index is 11.6. The van der Waals surface area contributed by atoms with Crippen LogP contribution in [-0.4, -0.2) is 30.3 Å². The van der Waals surface area contributed by atoms with E-state index in [-0.39, 0.29) is 11.6 Å². The zero-order valence-electron chi connectivity index (χ0n) is 9.72. The molecule has 4 heteroatoms. The molecule has 0 aromatic rings. The Morgan fingerprint density at radius 1 is 1.53 bits per heavy atom. The van der Waals surface area contributed by atoms with E-state index in [1.807, 2.05) is 20.8 Å². The smallest absolute Gasteiger partial charge is 0.408 e. The van der Waals surface area contributed by atoms with Gasteiger partial charge in [0.15, 0.2) is 0 Å². The highest BCUT2D eigenvalue weighted by Gasteiger charge is 2.56. The average Bonchev–Trinajstić information content (AvgIpc) is 2.73. The largest absolute Gasteiger partial charge is 0.444 e. The molecule has 0 aromatic heterocycles. The topological polar surface area (TPSA) is 50.4 Å². The quantitative estimate of drug-likeness (QED) is 0.688. The summed E-state index contributed by atoms with van der Waals surface area (Å²) in [6.45, 7) is 7.67. The van der Waals surface area contributed by atoms with E-state index >= 15 is 0 Å². The standard InChI is InChI=1S/C11H20N2O2/c1-10(2,3)15-9(14)13-11-4-5-12-7-8(11)6-11/h8,12H,4-7H2,1-3H3,(H,13,14)/t8-,11+/m1/s1. The van der Waals surface area contributed by atoms with E-state index in [1.165, 1.54) is 0 Å². The zero-order valence-corrected chi connectivity index (χ0v) is 9.72. The molecule has 2 fully saturated rings. The lowest BCUT2D eigenvalue weighted by Crippen LogP contribution is -2.47. The highest BCUT2D eigenvalue weighted by molar-refractivity contribution is 5.69. The Kier molecular flexibility index (Phi) is 2.41. The molecule has 2 aliphatic rings. The van der Waals surface area contributed by atoms with Crippen LogP contribution in [0.2, 0.25) is 0 Å². The Morgan fingerprint density at radius 2 is 2.27 bits per heavy atom. The van der Waals surface area contributed by atoms with Gasteiger partial charge in [0.05, 0.1) is 0 Å². The van der Waals surface area contributed by atoms with Crippen LogP contribution in [0, 0.1) is 5.92 Å². The molecule has 86 valence electrons. The van der Waals surface area contributed by atoms with Crippen molar-refractivity contribution in [2.45, 2.75) is 44.8 Å². The molecule has 15 heavy (non-hydrogen) atoms. The second kappa shape index (κ2) is 3.37. The van der Waals surface area contributed by atoms with Crippen LogP contribution in [0.15, 0.2) is 0 Å². The first-order valence-electron chi connectivity index (χ1n) is 5.63. The molecule has 0 bridgehead atoms. The van der Waals surface area contributed by atoms with Crippen LogP contribution in [-0.2, 0) is 4.74 Å². The predicted molar refractivity (Wildman–Crippen MR) is 57.7 cm³/mol. The molecule has 1 saturated heterocycles. The van der Waals surface area contributed by atoms with Gasteiger partial charge >= 0.3 is 6.09 Å². The van der Waals surface area contributed by atoms with Crippen molar-refractivity contribution in [3.63, 3.8) is 0 Å². The summed E-state index contributed by atoms with van der Waals surface area (Å²) in [6, 6.07) is 0. The molecular weight excluding hydrogens is 192 g/mol. The monoisotopic (exact) mass is 212 g/mol. The molecule has 2 N–H and O–H groups in total. The summed E-state index contributed by atoms with van der Waals surface area (Å²) in [5.74, 6) is 0.610. The number of hydrogen-bond donors (Lipinski definition) is 2. The van der Waals surface area contributed by atoms with Crippen molar-refractivity contribution >= 4 is 6.09 Å². The highest BCUT2D eigenvalue weighted by atomic mass is 16.6. The number of piperidine rings is 1. The minimum atomic E-state index is -0.405. The van der Waals surface area contributed by atoms with Crippen molar-refractivity contribution in [3.05, 3.63) is 0 Å². The maximum Gasteiger partial charge on any atom is 0.408 e. The molecule has 2 rings (SSSR count). The van der Waals surface area contributed by atoms with E-state index in [2.05, 4.69) is 10.6 Å². The second-order valence-electron chi connectivity index (χ2n) is 5.64. The second-order valence-corrected chi connectivity index (χ2v) is 5.64. The van der Waals surface area contributed by atoms with Crippen LogP contribution in [0.4, 0.5) is 4.79 Å². The van der Waals surface area contributed by atoms with Crippen molar-refractivity contribution in [2.75, 3.05) is 13.1 Å². The number of carbonyl (C=O) groups excluding carboxylic acids is 1. The Hall–Kier alpha value is -0.770. The third kappa shape index (κ3) is 2.43. The van der Waals surface area contributed by atoms with Crippen molar-refractivity contribution in [1.29, 1.82) is 0 Å². The molecule has 1 aliphatic heterocycles. The van der Waals surface area contributed by atoms with Crippen LogP contribution in [0.5, 0.6) is 0 Å². The van der Waals surface area contributed by atoms with Gasteiger partial charge in [0.25, 0.3) is 0 Å². The van der Waals surface area contributed by atoms with Crippen molar-refractivity contribution in [1.82, 2.24) is 10.6 Å². The Labute approximate surface area is 90.8 Å². The van der Waals surface area contributed by atoms with Crippen LogP contribution in [0.1, 0.15) is 33.6 Å². The summed E-state index contributed by atoms with van der Waals surface area (Å²) in [6.07, 6.45) is 1.85.